The molecule has 0 radical (unpaired) electrons. The quantitative estimate of drug-likeness (QED) is 0.426. The fourth-order valence-electron chi connectivity index (χ4n) is 4.44. The first kappa shape index (κ1) is 23.5. The molecule has 0 aliphatic carbocycles. The first-order chi connectivity index (χ1) is 15.9. The predicted octanol–water partition coefficient (Wildman–Crippen LogP) is 6.12. The van der Waals surface area contributed by atoms with Crippen molar-refractivity contribution in [3.05, 3.63) is 92.1 Å². The molecule has 1 aliphatic heterocycles. The third kappa shape index (κ3) is 4.85. The molecule has 3 aromatic rings. The van der Waals surface area contributed by atoms with Crippen molar-refractivity contribution in [3.8, 4) is 0 Å². The molecule has 2 atom stereocenters. The van der Waals surface area contributed by atoms with Gasteiger partial charge in [-0.2, -0.15) is 0 Å². The van der Waals surface area contributed by atoms with E-state index in [0.717, 1.165) is 24.0 Å². The zero-order valence-corrected chi connectivity index (χ0v) is 20.8. The first-order valence-electron chi connectivity index (χ1n) is 11.4. The molecule has 172 valence electrons. The average molecular weight is 481 g/mol. The molecule has 2 amide bonds. The summed E-state index contributed by atoms with van der Waals surface area (Å²) >= 11 is 7.87. The van der Waals surface area contributed by atoms with Gasteiger partial charge in [-0.05, 0) is 73.0 Å². The number of carbonyl (C=O) groups excluding carboxylic acids is 2. The number of aryl methyl sites for hydroxylation is 1. The smallest absolute Gasteiger partial charge is 0.254 e. The highest BCUT2D eigenvalue weighted by atomic mass is 35.5. The van der Waals surface area contributed by atoms with E-state index in [0.29, 0.717) is 17.1 Å². The lowest BCUT2D eigenvalue weighted by Gasteiger charge is -2.38. The van der Waals surface area contributed by atoms with Crippen LogP contribution >= 0.6 is 22.9 Å². The van der Waals surface area contributed by atoms with Gasteiger partial charge in [0.25, 0.3) is 5.91 Å². The lowest BCUT2D eigenvalue weighted by Crippen LogP contribution is -2.49. The molecule has 1 aliphatic rings. The summed E-state index contributed by atoms with van der Waals surface area (Å²) in [7, 11) is 0. The lowest BCUT2D eigenvalue weighted by molar-refractivity contribution is -0.134. The number of thiophene rings is 1. The van der Waals surface area contributed by atoms with Gasteiger partial charge in [0.2, 0.25) is 5.91 Å². The normalized spacial score (nSPS) is 16.2. The molecular formula is C27H29ClN2O2S. The van der Waals surface area contributed by atoms with Crippen molar-refractivity contribution in [1.82, 2.24) is 9.80 Å². The molecule has 0 N–H and O–H groups in total. The number of carbonyl (C=O) groups is 2. The van der Waals surface area contributed by atoms with Crippen LogP contribution in [-0.2, 0) is 11.2 Å². The second-order valence-corrected chi connectivity index (χ2v) is 10.0. The van der Waals surface area contributed by atoms with E-state index in [4.69, 9.17) is 11.6 Å². The van der Waals surface area contributed by atoms with Gasteiger partial charge in [0.05, 0.1) is 6.04 Å². The van der Waals surface area contributed by atoms with Gasteiger partial charge in [0.1, 0.15) is 6.54 Å². The van der Waals surface area contributed by atoms with E-state index in [2.05, 4.69) is 11.4 Å². The summed E-state index contributed by atoms with van der Waals surface area (Å²) in [5.74, 6) is -0.124. The summed E-state index contributed by atoms with van der Waals surface area (Å²) in [6.45, 7) is 6.68. The predicted molar refractivity (Wildman–Crippen MR) is 135 cm³/mol. The molecule has 0 spiro atoms. The van der Waals surface area contributed by atoms with Crippen LogP contribution in [0.25, 0.3) is 0 Å². The van der Waals surface area contributed by atoms with Crippen molar-refractivity contribution < 1.29 is 9.59 Å². The number of halogens is 1. The largest absolute Gasteiger partial charge is 0.330 e. The van der Waals surface area contributed by atoms with Gasteiger partial charge < -0.3 is 9.80 Å². The Morgan fingerprint density at radius 1 is 1.15 bits per heavy atom. The number of fused-ring (bicyclic) bond motifs is 1. The summed E-state index contributed by atoms with van der Waals surface area (Å²) in [5.41, 5.74) is 3.77. The van der Waals surface area contributed by atoms with Crippen molar-refractivity contribution in [2.45, 2.75) is 45.7 Å². The van der Waals surface area contributed by atoms with Crippen LogP contribution in [-0.4, -0.2) is 40.7 Å². The third-order valence-electron chi connectivity index (χ3n) is 6.54. The SMILES string of the molecule is CCC(C)N(CC(=O)N1CCc2sccc2C1c1ccc(Cl)cc1)C(=O)c1ccccc1C. The second kappa shape index (κ2) is 10.1. The monoisotopic (exact) mass is 480 g/mol. The van der Waals surface area contributed by atoms with Gasteiger partial charge in [0, 0.05) is 28.0 Å². The zero-order valence-electron chi connectivity index (χ0n) is 19.3. The van der Waals surface area contributed by atoms with Crippen molar-refractivity contribution in [2.24, 2.45) is 0 Å². The minimum Gasteiger partial charge on any atom is -0.330 e. The number of hydrogen-bond acceptors (Lipinski definition) is 3. The fraction of sp³-hybridized carbons (Fsp3) is 0.333. The highest BCUT2D eigenvalue weighted by Crippen LogP contribution is 2.38. The first-order valence-corrected chi connectivity index (χ1v) is 12.6. The Morgan fingerprint density at radius 2 is 1.88 bits per heavy atom. The maximum absolute atomic E-state index is 13.7. The van der Waals surface area contributed by atoms with Crippen LogP contribution in [0.3, 0.4) is 0 Å². The molecule has 0 saturated carbocycles. The number of hydrogen-bond donors (Lipinski definition) is 0. The van der Waals surface area contributed by atoms with E-state index >= 15 is 0 Å². The van der Waals surface area contributed by atoms with Crippen LogP contribution in [0, 0.1) is 6.92 Å². The van der Waals surface area contributed by atoms with Gasteiger partial charge in [-0.15, -0.1) is 11.3 Å². The van der Waals surface area contributed by atoms with Crippen LogP contribution in [0.15, 0.2) is 60.0 Å². The van der Waals surface area contributed by atoms with E-state index in [1.54, 1.807) is 16.2 Å². The highest BCUT2D eigenvalue weighted by molar-refractivity contribution is 7.10. The lowest BCUT2D eigenvalue weighted by atomic mass is 9.93. The van der Waals surface area contributed by atoms with Gasteiger partial charge in [-0.3, -0.25) is 9.59 Å². The Kier molecular flexibility index (Phi) is 7.20. The van der Waals surface area contributed by atoms with Gasteiger partial charge >= 0.3 is 0 Å². The summed E-state index contributed by atoms with van der Waals surface area (Å²) in [4.78, 5) is 32.2. The summed E-state index contributed by atoms with van der Waals surface area (Å²) in [6, 6.07) is 17.2. The topological polar surface area (TPSA) is 40.6 Å². The molecule has 33 heavy (non-hydrogen) atoms. The summed E-state index contributed by atoms with van der Waals surface area (Å²) < 4.78 is 0. The molecular weight excluding hydrogens is 452 g/mol. The van der Waals surface area contributed by atoms with Crippen LogP contribution in [0.4, 0.5) is 0 Å². The van der Waals surface area contributed by atoms with Crippen LogP contribution in [0.5, 0.6) is 0 Å². The molecule has 4 rings (SSSR count). The Labute approximate surface area is 204 Å². The molecule has 2 unspecified atom stereocenters. The zero-order chi connectivity index (χ0) is 23.5. The van der Waals surface area contributed by atoms with Crippen molar-refractivity contribution in [1.29, 1.82) is 0 Å². The van der Waals surface area contributed by atoms with E-state index in [1.807, 2.05) is 74.2 Å². The number of nitrogens with zero attached hydrogens (tertiary/aromatic N) is 2. The molecule has 2 aromatic carbocycles. The van der Waals surface area contributed by atoms with Gasteiger partial charge in [-0.1, -0.05) is 48.9 Å². The Hall–Kier alpha value is -2.63. The number of rotatable bonds is 6. The van der Waals surface area contributed by atoms with Crippen LogP contribution in [0.1, 0.15) is 58.2 Å². The van der Waals surface area contributed by atoms with E-state index in [-0.39, 0.29) is 30.4 Å². The highest BCUT2D eigenvalue weighted by Gasteiger charge is 2.35. The molecule has 0 saturated heterocycles. The maximum Gasteiger partial charge on any atom is 0.254 e. The van der Waals surface area contributed by atoms with Crippen LogP contribution in [0.2, 0.25) is 5.02 Å². The van der Waals surface area contributed by atoms with Crippen molar-refractivity contribution in [3.63, 3.8) is 0 Å². The van der Waals surface area contributed by atoms with Crippen molar-refractivity contribution in [2.75, 3.05) is 13.1 Å². The Morgan fingerprint density at radius 3 is 2.58 bits per heavy atom. The van der Waals surface area contributed by atoms with Crippen molar-refractivity contribution >= 4 is 34.8 Å². The molecule has 1 aromatic heterocycles. The number of amides is 2. The Balaban J connectivity index is 1.65. The standard InChI is InChI=1S/C27H29ClN2O2S/c1-4-19(3)30(27(32)22-8-6-5-7-18(22)2)17-25(31)29-15-13-24-23(14-16-33-24)26(29)20-9-11-21(28)12-10-20/h5-12,14,16,19,26H,4,13,15,17H2,1-3H3. The average Bonchev–Trinajstić information content (AvgIpc) is 3.31. The number of benzene rings is 2. The molecule has 0 bridgehead atoms. The third-order valence-corrected chi connectivity index (χ3v) is 7.79. The fourth-order valence-corrected chi connectivity index (χ4v) is 5.47. The summed E-state index contributed by atoms with van der Waals surface area (Å²) in [6.07, 6.45) is 1.61. The van der Waals surface area contributed by atoms with Crippen LogP contribution < -0.4 is 0 Å². The van der Waals surface area contributed by atoms with E-state index < -0.39 is 0 Å². The maximum atomic E-state index is 13.7. The minimum absolute atomic E-state index is 0.0333. The molecule has 6 heteroatoms. The van der Waals surface area contributed by atoms with E-state index in [1.165, 1.54) is 10.4 Å². The molecule has 0 fully saturated rings. The summed E-state index contributed by atoms with van der Waals surface area (Å²) in [5, 5.41) is 2.76. The van der Waals surface area contributed by atoms with Gasteiger partial charge in [-0.25, -0.2) is 0 Å². The minimum atomic E-state index is -0.169. The van der Waals surface area contributed by atoms with Gasteiger partial charge in [0.15, 0.2) is 0 Å². The van der Waals surface area contributed by atoms with E-state index in [9.17, 15) is 9.59 Å². The Bertz CT molecular complexity index is 1140. The molecule has 2 heterocycles. The molecule has 4 nitrogen and oxygen atoms in total. The second-order valence-electron chi connectivity index (χ2n) is 8.60.